The van der Waals surface area contributed by atoms with E-state index in [9.17, 15) is 4.79 Å². The average Bonchev–Trinajstić information content (AvgIpc) is 2.83. The molecule has 1 aliphatic rings. The van der Waals surface area contributed by atoms with Gasteiger partial charge in [0.2, 0.25) is 5.91 Å². The van der Waals surface area contributed by atoms with Crippen LogP contribution >= 0.6 is 11.8 Å². The molecule has 0 aliphatic carbocycles. The Morgan fingerprint density at radius 3 is 2.27 bits per heavy atom. The monoisotopic (exact) mass is 418 g/mol. The number of hydrogen-bond acceptors (Lipinski definition) is 5. The first-order valence-electron chi connectivity index (χ1n) is 10.4. The first kappa shape index (κ1) is 20.4. The normalized spacial score (nSPS) is 14.0. The Hall–Kier alpha value is -2.86. The lowest BCUT2D eigenvalue weighted by Gasteiger charge is -2.36. The van der Waals surface area contributed by atoms with Crippen LogP contribution in [0.5, 0.6) is 0 Å². The molecule has 0 radical (unpaired) electrons. The van der Waals surface area contributed by atoms with Gasteiger partial charge in [0.25, 0.3) is 0 Å². The van der Waals surface area contributed by atoms with Crippen LogP contribution in [0.1, 0.15) is 12.5 Å². The van der Waals surface area contributed by atoms with E-state index in [1.54, 1.807) is 0 Å². The highest BCUT2D eigenvalue weighted by Gasteiger charge is 2.21. The van der Waals surface area contributed by atoms with Crippen molar-refractivity contribution in [2.24, 2.45) is 0 Å². The Morgan fingerprint density at radius 2 is 1.63 bits per heavy atom. The SMILES string of the molecule is CCc1ccc(-c2ccc(SCC(=O)N3CCN(c4ccccc4)CC3)nn2)cc1. The van der Waals surface area contributed by atoms with Gasteiger partial charge in [-0.2, -0.15) is 0 Å². The lowest BCUT2D eigenvalue weighted by Crippen LogP contribution is -2.49. The smallest absolute Gasteiger partial charge is 0.233 e. The summed E-state index contributed by atoms with van der Waals surface area (Å²) in [6.07, 6.45) is 1.02. The number of hydrogen-bond donors (Lipinski definition) is 0. The molecule has 154 valence electrons. The molecule has 0 N–H and O–H groups in total. The number of carbonyl (C=O) groups is 1. The van der Waals surface area contributed by atoms with Crippen molar-refractivity contribution in [2.45, 2.75) is 18.4 Å². The number of amides is 1. The molecule has 1 fully saturated rings. The van der Waals surface area contributed by atoms with Gasteiger partial charge in [0, 0.05) is 37.4 Å². The van der Waals surface area contributed by atoms with Crippen LogP contribution in [0.25, 0.3) is 11.3 Å². The summed E-state index contributed by atoms with van der Waals surface area (Å²) in [6, 6.07) is 22.7. The molecule has 1 aliphatic heterocycles. The third kappa shape index (κ3) is 5.00. The lowest BCUT2D eigenvalue weighted by atomic mass is 10.1. The van der Waals surface area contributed by atoms with Crippen LogP contribution in [-0.2, 0) is 11.2 Å². The summed E-state index contributed by atoms with van der Waals surface area (Å²) >= 11 is 1.45. The average molecular weight is 419 g/mol. The maximum absolute atomic E-state index is 12.6. The zero-order valence-electron chi connectivity index (χ0n) is 17.2. The van der Waals surface area contributed by atoms with Crippen LogP contribution < -0.4 is 4.90 Å². The standard InChI is InChI=1S/C24H26N4OS/c1-2-19-8-10-20(11-9-19)22-12-13-23(26-25-22)30-18-24(29)28-16-14-27(15-17-28)21-6-4-3-5-7-21/h3-13H,2,14-18H2,1H3. The van der Waals surface area contributed by atoms with Gasteiger partial charge in [-0.05, 0) is 36.2 Å². The molecule has 0 saturated carbocycles. The number of aromatic nitrogens is 2. The molecule has 2 heterocycles. The number of aryl methyl sites for hydroxylation is 1. The van der Waals surface area contributed by atoms with E-state index in [4.69, 9.17) is 0 Å². The van der Waals surface area contributed by atoms with Crippen molar-refractivity contribution in [1.82, 2.24) is 15.1 Å². The maximum Gasteiger partial charge on any atom is 0.233 e. The Labute approximate surface area is 182 Å². The zero-order valence-corrected chi connectivity index (χ0v) is 18.0. The van der Waals surface area contributed by atoms with Gasteiger partial charge >= 0.3 is 0 Å². The largest absolute Gasteiger partial charge is 0.368 e. The Kier molecular flexibility index (Phi) is 6.64. The molecule has 5 nitrogen and oxygen atoms in total. The van der Waals surface area contributed by atoms with Gasteiger partial charge in [-0.15, -0.1) is 10.2 Å². The van der Waals surface area contributed by atoms with Crippen molar-refractivity contribution < 1.29 is 4.79 Å². The second-order valence-electron chi connectivity index (χ2n) is 7.30. The van der Waals surface area contributed by atoms with E-state index in [0.29, 0.717) is 5.75 Å². The van der Waals surface area contributed by atoms with Crippen LogP contribution in [0.3, 0.4) is 0 Å². The third-order valence-electron chi connectivity index (χ3n) is 5.40. The molecule has 4 rings (SSSR count). The van der Waals surface area contributed by atoms with E-state index in [0.717, 1.165) is 48.9 Å². The number of thioether (sulfide) groups is 1. The van der Waals surface area contributed by atoms with Crippen LogP contribution in [0.4, 0.5) is 5.69 Å². The Bertz CT molecular complexity index is 953. The number of para-hydroxylation sites is 1. The van der Waals surface area contributed by atoms with Gasteiger partial charge < -0.3 is 9.80 Å². The molecule has 6 heteroatoms. The van der Waals surface area contributed by atoms with Crippen molar-refractivity contribution in [3.8, 4) is 11.3 Å². The first-order valence-corrected chi connectivity index (χ1v) is 11.3. The second-order valence-corrected chi connectivity index (χ2v) is 8.29. The summed E-state index contributed by atoms with van der Waals surface area (Å²) in [6.45, 7) is 5.39. The predicted molar refractivity (Wildman–Crippen MR) is 123 cm³/mol. The minimum atomic E-state index is 0.161. The predicted octanol–water partition coefficient (Wildman–Crippen LogP) is 4.15. The molecule has 1 aromatic heterocycles. The summed E-state index contributed by atoms with van der Waals surface area (Å²) in [5.74, 6) is 0.554. The molecule has 1 amide bonds. The molecule has 3 aromatic rings. The van der Waals surface area contributed by atoms with Crippen molar-refractivity contribution in [3.05, 3.63) is 72.3 Å². The number of piperazine rings is 1. The summed E-state index contributed by atoms with van der Waals surface area (Å²) in [7, 11) is 0. The second kappa shape index (κ2) is 9.76. The van der Waals surface area contributed by atoms with E-state index >= 15 is 0 Å². The van der Waals surface area contributed by atoms with Gasteiger partial charge in [0.1, 0.15) is 5.03 Å². The number of carbonyl (C=O) groups excluding carboxylic acids is 1. The fourth-order valence-electron chi connectivity index (χ4n) is 3.54. The van der Waals surface area contributed by atoms with Crippen molar-refractivity contribution >= 4 is 23.4 Å². The summed E-state index contributed by atoms with van der Waals surface area (Å²) < 4.78 is 0. The van der Waals surface area contributed by atoms with Gasteiger partial charge in [-0.1, -0.05) is 61.2 Å². The zero-order chi connectivity index (χ0) is 20.8. The molecule has 0 bridgehead atoms. The van der Waals surface area contributed by atoms with Gasteiger partial charge in [-0.3, -0.25) is 4.79 Å². The van der Waals surface area contributed by atoms with E-state index in [1.165, 1.54) is 23.0 Å². The molecule has 0 spiro atoms. The van der Waals surface area contributed by atoms with Crippen LogP contribution in [0, 0.1) is 0 Å². The fourth-order valence-corrected chi connectivity index (χ4v) is 4.26. The van der Waals surface area contributed by atoms with Crippen molar-refractivity contribution in [1.29, 1.82) is 0 Å². The molecule has 30 heavy (non-hydrogen) atoms. The quantitative estimate of drug-likeness (QED) is 0.563. The molecule has 2 aromatic carbocycles. The summed E-state index contributed by atoms with van der Waals surface area (Å²) in [5, 5.41) is 9.41. The minimum Gasteiger partial charge on any atom is -0.368 e. The summed E-state index contributed by atoms with van der Waals surface area (Å²) in [4.78, 5) is 16.9. The van der Waals surface area contributed by atoms with Crippen molar-refractivity contribution in [2.75, 3.05) is 36.8 Å². The van der Waals surface area contributed by atoms with Crippen LogP contribution in [0.2, 0.25) is 0 Å². The molecule has 0 atom stereocenters. The van der Waals surface area contributed by atoms with Crippen molar-refractivity contribution in [3.63, 3.8) is 0 Å². The lowest BCUT2D eigenvalue weighted by molar-refractivity contribution is -0.128. The number of rotatable bonds is 6. The van der Waals surface area contributed by atoms with Gasteiger partial charge in [0.05, 0.1) is 11.4 Å². The van der Waals surface area contributed by atoms with Crippen LogP contribution in [-0.4, -0.2) is 52.9 Å². The topological polar surface area (TPSA) is 49.3 Å². The highest BCUT2D eigenvalue weighted by Crippen LogP contribution is 2.21. The first-order chi connectivity index (χ1) is 14.7. The highest BCUT2D eigenvalue weighted by atomic mass is 32.2. The number of benzene rings is 2. The van der Waals surface area contributed by atoms with E-state index < -0.39 is 0 Å². The molecular formula is C24H26N4OS. The van der Waals surface area contributed by atoms with Gasteiger partial charge in [0.15, 0.2) is 0 Å². The number of anilines is 1. The van der Waals surface area contributed by atoms with E-state index in [1.807, 2.05) is 23.1 Å². The molecule has 0 unspecified atom stereocenters. The third-order valence-corrected chi connectivity index (χ3v) is 6.30. The van der Waals surface area contributed by atoms with E-state index in [2.05, 4.69) is 70.6 Å². The minimum absolute atomic E-state index is 0.161. The Balaban J connectivity index is 1.27. The Morgan fingerprint density at radius 1 is 0.900 bits per heavy atom. The molecule has 1 saturated heterocycles. The fraction of sp³-hybridized carbons (Fsp3) is 0.292. The number of nitrogens with zero attached hydrogens (tertiary/aromatic N) is 4. The van der Waals surface area contributed by atoms with Gasteiger partial charge in [-0.25, -0.2) is 0 Å². The summed E-state index contributed by atoms with van der Waals surface area (Å²) in [5.41, 5.74) is 4.44. The van der Waals surface area contributed by atoms with Crippen LogP contribution in [0.15, 0.2) is 71.8 Å². The van der Waals surface area contributed by atoms with E-state index in [-0.39, 0.29) is 5.91 Å². The maximum atomic E-state index is 12.6. The highest BCUT2D eigenvalue weighted by molar-refractivity contribution is 7.99. The molecular weight excluding hydrogens is 392 g/mol.